The average Bonchev–Trinajstić information content (AvgIpc) is 2.51. The van der Waals surface area contributed by atoms with E-state index in [9.17, 15) is 0 Å². The van der Waals surface area contributed by atoms with E-state index in [4.69, 9.17) is 14.6 Å². The zero-order chi connectivity index (χ0) is 15.2. The number of hydrogen-bond donors (Lipinski definition) is 1. The fourth-order valence-corrected chi connectivity index (χ4v) is 1.84. The Labute approximate surface area is 128 Å². The molecule has 21 heavy (non-hydrogen) atoms. The molecule has 0 saturated heterocycles. The van der Waals surface area contributed by atoms with E-state index >= 15 is 0 Å². The number of unbranched alkanes of at least 4 members (excludes halogenated alkanes) is 3. The number of hydrogen-bond acceptors (Lipinski definition) is 3. The lowest BCUT2D eigenvalue weighted by molar-refractivity contribution is 0.0971. The molecule has 0 heterocycles. The zero-order valence-electron chi connectivity index (χ0n) is 12.9. The predicted octanol–water partition coefficient (Wildman–Crippen LogP) is 3.40. The molecule has 0 aliphatic carbocycles. The van der Waals surface area contributed by atoms with Crippen molar-refractivity contribution in [1.82, 2.24) is 0 Å². The fourth-order valence-electron chi connectivity index (χ4n) is 1.84. The molecule has 1 N–H and O–H groups in total. The predicted molar refractivity (Wildman–Crippen MR) is 85.5 cm³/mol. The molecule has 0 saturated carbocycles. The van der Waals surface area contributed by atoms with E-state index in [1.54, 1.807) is 0 Å². The van der Waals surface area contributed by atoms with Crippen LogP contribution in [0.15, 0.2) is 24.3 Å². The van der Waals surface area contributed by atoms with Gasteiger partial charge in [-0.25, -0.2) is 0 Å². The minimum atomic E-state index is 0.0960. The Morgan fingerprint density at radius 2 is 2.00 bits per heavy atom. The molecule has 0 spiro atoms. The molecule has 3 heteroatoms. The van der Waals surface area contributed by atoms with Crippen LogP contribution in [0, 0.1) is 11.8 Å². The minimum Gasteiger partial charge on any atom is -0.491 e. The van der Waals surface area contributed by atoms with Gasteiger partial charge in [-0.1, -0.05) is 44.1 Å². The molecule has 0 unspecified atom stereocenters. The smallest absolute Gasteiger partial charge is 0.120 e. The highest BCUT2D eigenvalue weighted by atomic mass is 16.5. The summed E-state index contributed by atoms with van der Waals surface area (Å²) >= 11 is 0. The van der Waals surface area contributed by atoms with Gasteiger partial charge in [0, 0.05) is 18.6 Å². The Balaban J connectivity index is 2.17. The van der Waals surface area contributed by atoms with Crippen molar-refractivity contribution in [2.75, 3.05) is 26.4 Å². The summed E-state index contributed by atoms with van der Waals surface area (Å²) < 4.78 is 11.2. The molecule has 0 amide bonds. The second-order valence-corrected chi connectivity index (χ2v) is 4.82. The van der Waals surface area contributed by atoms with E-state index in [1.807, 2.05) is 24.3 Å². The molecule has 0 bridgehead atoms. The SMILES string of the molecule is CCCCCCOCCOc1cccc(C#CCCO)c1. The van der Waals surface area contributed by atoms with Crippen LogP contribution < -0.4 is 4.74 Å². The van der Waals surface area contributed by atoms with Crippen LogP contribution in [0.25, 0.3) is 0 Å². The van der Waals surface area contributed by atoms with E-state index in [0.717, 1.165) is 24.3 Å². The molecule has 1 aromatic carbocycles. The average molecular weight is 290 g/mol. The molecule has 116 valence electrons. The van der Waals surface area contributed by atoms with Crippen LogP contribution in [-0.4, -0.2) is 31.5 Å². The van der Waals surface area contributed by atoms with E-state index in [2.05, 4.69) is 18.8 Å². The van der Waals surface area contributed by atoms with E-state index in [0.29, 0.717) is 19.6 Å². The van der Waals surface area contributed by atoms with Gasteiger partial charge in [0.1, 0.15) is 12.4 Å². The number of benzene rings is 1. The highest BCUT2D eigenvalue weighted by Gasteiger charge is 1.95. The maximum atomic E-state index is 8.69. The van der Waals surface area contributed by atoms with Crippen LogP contribution in [0.3, 0.4) is 0 Å². The first-order valence-electron chi connectivity index (χ1n) is 7.77. The number of ether oxygens (including phenoxy) is 2. The lowest BCUT2D eigenvalue weighted by Gasteiger charge is -2.07. The van der Waals surface area contributed by atoms with E-state index in [-0.39, 0.29) is 6.61 Å². The van der Waals surface area contributed by atoms with Crippen molar-refractivity contribution in [2.45, 2.75) is 39.0 Å². The third-order valence-electron chi connectivity index (χ3n) is 2.94. The number of aliphatic hydroxyl groups excluding tert-OH is 1. The molecule has 0 radical (unpaired) electrons. The van der Waals surface area contributed by atoms with Gasteiger partial charge >= 0.3 is 0 Å². The van der Waals surface area contributed by atoms with Gasteiger partial charge < -0.3 is 14.6 Å². The first-order chi connectivity index (χ1) is 10.4. The Hall–Kier alpha value is -1.50. The Bertz CT molecular complexity index is 432. The summed E-state index contributed by atoms with van der Waals surface area (Å²) in [6.45, 7) is 4.29. The zero-order valence-corrected chi connectivity index (χ0v) is 12.9. The molecular formula is C18H26O3. The van der Waals surface area contributed by atoms with E-state index in [1.165, 1.54) is 19.3 Å². The summed E-state index contributed by atoms with van der Waals surface area (Å²) in [5, 5.41) is 8.69. The van der Waals surface area contributed by atoms with E-state index < -0.39 is 0 Å². The van der Waals surface area contributed by atoms with Crippen molar-refractivity contribution in [1.29, 1.82) is 0 Å². The summed E-state index contributed by atoms with van der Waals surface area (Å²) in [5.74, 6) is 6.70. The van der Waals surface area contributed by atoms with Gasteiger partial charge in [0.15, 0.2) is 0 Å². The monoisotopic (exact) mass is 290 g/mol. The lowest BCUT2D eigenvalue weighted by atomic mass is 10.2. The normalized spacial score (nSPS) is 10.0. The summed E-state index contributed by atoms with van der Waals surface area (Å²) in [7, 11) is 0. The minimum absolute atomic E-state index is 0.0960. The van der Waals surface area contributed by atoms with Crippen molar-refractivity contribution in [3.05, 3.63) is 29.8 Å². The molecule has 0 aliphatic heterocycles. The maximum Gasteiger partial charge on any atom is 0.120 e. The Kier molecular flexibility index (Phi) is 10.2. The van der Waals surface area contributed by atoms with Crippen LogP contribution >= 0.6 is 0 Å². The maximum absolute atomic E-state index is 8.69. The summed E-state index contributed by atoms with van der Waals surface area (Å²) in [4.78, 5) is 0. The van der Waals surface area contributed by atoms with Crippen molar-refractivity contribution < 1.29 is 14.6 Å². The lowest BCUT2D eigenvalue weighted by Crippen LogP contribution is -2.07. The first-order valence-corrected chi connectivity index (χ1v) is 7.77. The summed E-state index contributed by atoms with van der Waals surface area (Å²) in [6, 6.07) is 7.68. The third-order valence-corrected chi connectivity index (χ3v) is 2.94. The molecule has 0 aromatic heterocycles. The van der Waals surface area contributed by atoms with Crippen LogP contribution in [0.5, 0.6) is 5.75 Å². The fraction of sp³-hybridized carbons (Fsp3) is 0.556. The van der Waals surface area contributed by atoms with Crippen LogP contribution in [0.2, 0.25) is 0 Å². The van der Waals surface area contributed by atoms with Gasteiger partial charge in [-0.3, -0.25) is 0 Å². The molecule has 0 fully saturated rings. The van der Waals surface area contributed by atoms with Gasteiger partial charge in [-0.15, -0.1) is 0 Å². The highest BCUT2D eigenvalue weighted by molar-refractivity contribution is 5.39. The second-order valence-electron chi connectivity index (χ2n) is 4.82. The van der Waals surface area contributed by atoms with Gasteiger partial charge in [0.05, 0.1) is 13.2 Å². The van der Waals surface area contributed by atoms with Crippen molar-refractivity contribution in [3.8, 4) is 17.6 Å². The van der Waals surface area contributed by atoms with Crippen LogP contribution in [0.1, 0.15) is 44.6 Å². The van der Waals surface area contributed by atoms with Crippen LogP contribution in [-0.2, 0) is 4.74 Å². The summed E-state index contributed by atoms with van der Waals surface area (Å²) in [6.07, 6.45) is 5.40. The first kappa shape index (κ1) is 17.6. The highest BCUT2D eigenvalue weighted by Crippen LogP contribution is 2.12. The van der Waals surface area contributed by atoms with Crippen molar-refractivity contribution in [3.63, 3.8) is 0 Å². The topological polar surface area (TPSA) is 38.7 Å². The molecule has 1 rings (SSSR count). The Morgan fingerprint density at radius 1 is 1.10 bits per heavy atom. The second kappa shape index (κ2) is 12.3. The van der Waals surface area contributed by atoms with Crippen molar-refractivity contribution in [2.24, 2.45) is 0 Å². The van der Waals surface area contributed by atoms with Crippen molar-refractivity contribution >= 4 is 0 Å². The van der Waals surface area contributed by atoms with Gasteiger partial charge in [0.25, 0.3) is 0 Å². The van der Waals surface area contributed by atoms with Gasteiger partial charge in [-0.2, -0.15) is 0 Å². The summed E-state index contributed by atoms with van der Waals surface area (Å²) in [5.41, 5.74) is 0.904. The quantitative estimate of drug-likeness (QED) is 0.530. The largest absolute Gasteiger partial charge is 0.491 e. The number of rotatable bonds is 10. The molecule has 0 atom stereocenters. The van der Waals surface area contributed by atoms with Crippen LogP contribution in [0.4, 0.5) is 0 Å². The van der Waals surface area contributed by atoms with Gasteiger partial charge in [0.2, 0.25) is 0 Å². The molecular weight excluding hydrogens is 264 g/mol. The Morgan fingerprint density at radius 3 is 2.81 bits per heavy atom. The molecule has 0 aliphatic rings. The molecule has 1 aromatic rings. The molecule has 3 nitrogen and oxygen atoms in total. The number of aliphatic hydroxyl groups is 1. The van der Waals surface area contributed by atoms with Gasteiger partial charge in [-0.05, 0) is 24.6 Å². The standard InChI is InChI=1S/C18H26O3/c1-2-3-4-7-13-20-14-15-21-18-11-8-10-17(16-18)9-5-6-12-19/h8,10-11,16,19H,2-4,6-7,12-15H2,1H3. The third kappa shape index (κ3) is 9.12.